The second-order valence-corrected chi connectivity index (χ2v) is 7.54. The minimum Gasteiger partial charge on any atom is -0.497 e. The van der Waals surface area contributed by atoms with Crippen LogP contribution in [0.2, 0.25) is 0 Å². The van der Waals surface area contributed by atoms with Crippen molar-refractivity contribution < 1.29 is 28.5 Å². The quantitative estimate of drug-likeness (QED) is 0.541. The summed E-state index contributed by atoms with van der Waals surface area (Å²) in [6.07, 6.45) is 3.07. The van der Waals surface area contributed by atoms with Gasteiger partial charge < -0.3 is 24.2 Å². The van der Waals surface area contributed by atoms with Gasteiger partial charge in [-0.1, -0.05) is 0 Å². The number of aromatic carboxylic acids is 1. The third-order valence-corrected chi connectivity index (χ3v) is 5.58. The van der Waals surface area contributed by atoms with Gasteiger partial charge in [0.05, 0.1) is 26.0 Å². The van der Waals surface area contributed by atoms with E-state index in [1.807, 2.05) is 23.1 Å². The average Bonchev–Trinajstić information content (AvgIpc) is 3.33. The molecule has 8 nitrogen and oxygen atoms in total. The fourth-order valence-corrected chi connectivity index (χ4v) is 3.95. The second kappa shape index (κ2) is 9.72. The molecular weight excluding hydrogens is 429 g/mol. The molecule has 3 aromatic rings. The Morgan fingerprint density at radius 1 is 1.15 bits per heavy atom. The minimum atomic E-state index is -1.15. The first-order chi connectivity index (χ1) is 16.0. The number of carboxylic acid groups (broad SMARTS) is 1. The molecule has 172 valence electrons. The van der Waals surface area contributed by atoms with E-state index < -0.39 is 5.97 Å². The van der Waals surface area contributed by atoms with Gasteiger partial charge in [-0.2, -0.15) is 0 Å². The van der Waals surface area contributed by atoms with Gasteiger partial charge in [0.25, 0.3) is 0 Å². The number of carboxylic acids is 1. The number of anilines is 1. The van der Waals surface area contributed by atoms with E-state index in [1.165, 1.54) is 30.5 Å². The van der Waals surface area contributed by atoms with Crippen LogP contribution in [0, 0.1) is 5.82 Å². The monoisotopic (exact) mass is 453 g/mol. The van der Waals surface area contributed by atoms with Gasteiger partial charge >= 0.3 is 5.97 Å². The maximum absolute atomic E-state index is 13.1. The van der Waals surface area contributed by atoms with Gasteiger partial charge in [-0.25, -0.2) is 19.2 Å². The molecule has 1 aliphatic heterocycles. The van der Waals surface area contributed by atoms with Crippen molar-refractivity contribution in [3.8, 4) is 17.2 Å². The van der Waals surface area contributed by atoms with Gasteiger partial charge in [-0.15, -0.1) is 0 Å². The van der Waals surface area contributed by atoms with Crippen molar-refractivity contribution in [3.05, 3.63) is 71.3 Å². The molecule has 1 atom stereocenters. The van der Waals surface area contributed by atoms with Gasteiger partial charge in [0.1, 0.15) is 35.2 Å². The Hall–Kier alpha value is -3.88. The predicted octanol–water partition coefficient (Wildman–Crippen LogP) is 4.25. The Balaban J connectivity index is 1.64. The lowest BCUT2D eigenvalue weighted by Gasteiger charge is -2.27. The lowest BCUT2D eigenvalue weighted by atomic mass is 10.0. The zero-order valence-electron chi connectivity index (χ0n) is 18.3. The summed E-state index contributed by atoms with van der Waals surface area (Å²) in [4.78, 5) is 22.6. The normalized spacial score (nSPS) is 15.4. The van der Waals surface area contributed by atoms with E-state index >= 15 is 0 Å². The number of aromatic nitrogens is 2. The first-order valence-corrected chi connectivity index (χ1v) is 10.5. The summed E-state index contributed by atoms with van der Waals surface area (Å²) in [5.41, 5.74) is 1.14. The molecule has 0 spiro atoms. The van der Waals surface area contributed by atoms with Crippen molar-refractivity contribution in [2.45, 2.75) is 25.5 Å². The van der Waals surface area contributed by atoms with Crippen molar-refractivity contribution in [2.75, 3.05) is 25.7 Å². The van der Waals surface area contributed by atoms with Crippen molar-refractivity contribution >= 4 is 11.9 Å². The molecule has 1 unspecified atom stereocenters. The number of halogens is 1. The highest BCUT2D eigenvalue weighted by Crippen LogP contribution is 2.40. The van der Waals surface area contributed by atoms with Crippen LogP contribution in [0.1, 0.15) is 40.5 Å². The van der Waals surface area contributed by atoms with Gasteiger partial charge in [0.2, 0.25) is 5.95 Å². The molecule has 0 saturated carbocycles. The lowest BCUT2D eigenvalue weighted by Crippen LogP contribution is -2.26. The largest absolute Gasteiger partial charge is 0.497 e. The van der Waals surface area contributed by atoms with Crippen LogP contribution >= 0.6 is 0 Å². The average molecular weight is 453 g/mol. The molecule has 2 heterocycles. The Morgan fingerprint density at radius 3 is 2.61 bits per heavy atom. The van der Waals surface area contributed by atoms with Crippen LogP contribution < -0.4 is 19.1 Å². The molecule has 9 heteroatoms. The van der Waals surface area contributed by atoms with Crippen LogP contribution in [0.4, 0.5) is 10.3 Å². The molecular formula is C24H24FN3O5. The van der Waals surface area contributed by atoms with Crippen molar-refractivity contribution in [2.24, 2.45) is 0 Å². The molecule has 0 amide bonds. The van der Waals surface area contributed by atoms with Crippen LogP contribution in [0.5, 0.6) is 17.2 Å². The molecule has 1 N–H and O–H groups in total. The van der Waals surface area contributed by atoms with E-state index in [-0.39, 0.29) is 29.7 Å². The van der Waals surface area contributed by atoms with Crippen LogP contribution in [0.25, 0.3) is 0 Å². The molecule has 0 aliphatic carbocycles. The zero-order valence-corrected chi connectivity index (χ0v) is 18.3. The van der Waals surface area contributed by atoms with Crippen LogP contribution in [-0.2, 0) is 6.61 Å². The number of methoxy groups -OCH3 is 2. The van der Waals surface area contributed by atoms with E-state index in [4.69, 9.17) is 14.2 Å². The van der Waals surface area contributed by atoms with Crippen LogP contribution in [0.3, 0.4) is 0 Å². The van der Waals surface area contributed by atoms with Crippen LogP contribution in [-0.4, -0.2) is 41.8 Å². The molecule has 2 aromatic carbocycles. The summed E-state index contributed by atoms with van der Waals surface area (Å²) in [7, 11) is 3.23. The topological polar surface area (TPSA) is 94.0 Å². The summed E-state index contributed by atoms with van der Waals surface area (Å²) in [5, 5.41) is 9.58. The third kappa shape index (κ3) is 4.82. The molecule has 0 bridgehead atoms. The molecule has 0 radical (unpaired) electrons. The van der Waals surface area contributed by atoms with Crippen molar-refractivity contribution in [3.63, 3.8) is 0 Å². The molecule has 1 fully saturated rings. The van der Waals surface area contributed by atoms with E-state index in [9.17, 15) is 14.3 Å². The number of benzene rings is 2. The number of rotatable bonds is 8. The third-order valence-electron chi connectivity index (χ3n) is 5.58. The maximum Gasteiger partial charge on any atom is 0.339 e. The summed E-state index contributed by atoms with van der Waals surface area (Å²) in [6, 6.07) is 11.1. The van der Waals surface area contributed by atoms with Gasteiger partial charge in [-0.3, -0.25) is 0 Å². The zero-order chi connectivity index (χ0) is 23.4. The molecule has 1 aromatic heterocycles. The molecule has 33 heavy (non-hydrogen) atoms. The van der Waals surface area contributed by atoms with E-state index in [1.54, 1.807) is 14.2 Å². The fourth-order valence-electron chi connectivity index (χ4n) is 3.95. The second-order valence-electron chi connectivity index (χ2n) is 7.54. The molecule has 1 aliphatic rings. The highest BCUT2D eigenvalue weighted by Gasteiger charge is 2.31. The Bertz CT molecular complexity index is 1140. The number of ether oxygens (including phenoxy) is 3. The smallest absolute Gasteiger partial charge is 0.339 e. The highest BCUT2D eigenvalue weighted by molar-refractivity contribution is 5.88. The van der Waals surface area contributed by atoms with Crippen LogP contribution in [0.15, 0.2) is 48.7 Å². The summed E-state index contributed by atoms with van der Waals surface area (Å²) in [5.74, 6) is 0.735. The SMILES string of the molecule is COc1ccc(OC)c(C2CCCN2c2ncc(C(=O)O)c(COc3ccc(F)cc3)n2)c1. The Labute approximate surface area is 190 Å². The summed E-state index contributed by atoms with van der Waals surface area (Å²) < 4.78 is 29.8. The Morgan fingerprint density at radius 2 is 1.91 bits per heavy atom. The van der Waals surface area contributed by atoms with Gasteiger partial charge in [0, 0.05) is 18.3 Å². The number of hydrogen-bond donors (Lipinski definition) is 1. The first-order valence-electron chi connectivity index (χ1n) is 10.5. The number of carbonyl (C=O) groups is 1. The van der Waals surface area contributed by atoms with E-state index in [2.05, 4.69) is 9.97 Å². The van der Waals surface area contributed by atoms with E-state index in [0.717, 1.165) is 24.2 Å². The maximum atomic E-state index is 13.1. The highest BCUT2D eigenvalue weighted by atomic mass is 19.1. The fraction of sp³-hybridized carbons (Fsp3) is 0.292. The molecule has 4 rings (SSSR count). The number of hydrogen-bond acceptors (Lipinski definition) is 7. The predicted molar refractivity (Wildman–Crippen MR) is 119 cm³/mol. The van der Waals surface area contributed by atoms with E-state index in [0.29, 0.717) is 24.0 Å². The number of nitrogens with zero attached hydrogens (tertiary/aromatic N) is 3. The summed E-state index contributed by atoms with van der Waals surface area (Å²) >= 11 is 0. The van der Waals surface area contributed by atoms with Gasteiger partial charge in [0.15, 0.2) is 0 Å². The first kappa shape index (κ1) is 22.3. The molecule has 1 saturated heterocycles. The Kier molecular flexibility index (Phi) is 6.58. The van der Waals surface area contributed by atoms with Gasteiger partial charge in [-0.05, 0) is 55.3 Å². The standard InChI is InChI=1S/C24H24FN3O5/c1-31-17-9-10-22(32-2)18(12-17)21-4-3-11-28(21)24-26-13-19(23(29)30)20(27-24)14-33-16-7-5-15(25)6-8-16/h5-10,12-13,21H,3-4,11,14H2,1-2H3,(H,29,30). The van der Waals surface area contributed by atoms with Crippen molar-refractivity contribution in [1.29, 1.82) is 0 Å². The van der Waals surface area contributed by atoms with Crippen molar-refractivity contribution in [1.82, 2.24) is 9.97 Å². The summed E-state index contributed by atoms with van der Waals surface area (Å²) in [6.45, 7) is 0.611. The lowest BCUT2D eigenvalue weighted by molar-refractivity contribution is 0.0692. The minimum absolute atomic E-state index is 0.0458.